The van der Waals surface area contributed by atoms with Crippen molar-refractivity contribution >= 4 is 23.6 Å². The Labute approximate surface area is 111 Å². The van der Waals surface area contributed by atoms with E-state index in [0.29, 0.717) is 25.4 Å². The van der Waals surface area contributed by atoms with Gasteiger partial charge >= 0.3 is 5.97 Å². The summed E-state index contributed by atoms with van der Waals surface area (Å²) in [7, 11) is 1.63. The number of thioether (sulfide) groups is 1. The molecule has 0 aromatic heterocycles. The molecule has 1 rings (SSSR count). The van der Waals surface area contributed by atoms with E-state index >= 15 is 0 Å². The Morgan fingerprint density at radius 2 is 2.11 bits per heavy atom. The van der Waals surface area contributed by atoms with Gasteiger partial charge in [-0.15, -0.1) is 11.8 Å². The zero-order valence-corrected chi connectivity index (χ0v) is 11.5. The number of nitrogens with zero attached hydrogens (tertiary/aromatic N) is 1. The predicted octanol–water partition coefficient (Wildman–Crippen LogP) is 0.0681. The summed E-state index contributed by atoms with van der Waals surface area (Å²) in [6.07, 6.45) is 0. The SMILES string of the molecule is COCCSCC(=O)N1CC(C)(OCC(=O)O)C1. The van der Waals surface area contributed by atoms with Crippen LogP contribution in [0, 0.1) is 0 Å². The number of methoxy groups -OCH3 is 1. The van der Waals surface area contributed by atoms with Gasteiger partial charge in [0.1, 0.15) is 12.2 Å². The number of carboxylic acid groups (broad SMARTS) is 1. The summed E-state index contributed by atoms with van der Waals surface area (Å²) in [6, 6.07) is 0. The standard InChI is InChI=1S/C11H19NO5S/c1-11(17-5-10(14)15)7-12(8-11)9(13)6-18-4-3-16-2/h3-8H2,1-2H3,(H,14,15). The highest BCUT2D eigenvalue weighted by Gasteiger charge is 2.42. The van der Waals surface area contributed by atoms with E-state index < -0.39 is 11.6 Å². The highest BCUT2D eigenvalue weighted by atomic mass is 32.2. The maximum Gasteiger partial charge on any atom is 0.329 e. The van der Waals surface area contributed by atoms with Crippen LogP contribution in [0.2, 0.25) is 0 Å². The third-order valence-electron chi connectivity index (χ3n) is 2.60. The van der Waals surface area contributed by atoms with Crippen LogP contribution in [0.25, 0.3) is 0 Å². The summed E-state index contributed by atoms with van der Waals surface area (Å²) in [5.41, 5.74) is -0.509. The van der Waals surface area contributed by atoms with Crippen LogP contribution in [0.4, 0.5) is 0 Å². The van der Waals surface area contributed by atoms with Gasteiger partial charge in [-0.3, -0.25) is 4.79 Å². The van der Waals surface area contributed by atoms with Gasteiger partial charge in [-0.05, 0) is 6.92 Å². The van der Waals surface area contributed by atoms with Gasteiger partial charge in [0.05, 0.1) is 25.4 Å². The Morgan fingerprint density at radius 1 is 1.44 bits per heavy atom. The van der Waals surface area contributed by atoms with E-state index in [9.17, 15) is 9.59 Å². The normalized spacial score (nSPS) is 17.3. The fourth-order valence-electron chi connectivity index (χ4n) is 1.66. The molecule has 0 aromatic rings. The van der Waals surface area contributed by atoms with Crippen molar-refractivity contribution in [3.05, 3.63) is 0 Å². The summed E-state index contributed by atoms with van der Waals surface area (Å²) >= 11 is 1.53. The molecular weight excluding hydrogens is 258 g/mol. The van der Waals surface area contributed by atoms with E-state index in [0.717, 1.165) is 5.75 Å². The number of carbonyl (C=O) groups excluding carboxylic acids is 1. The minimum atomic E-state index is -0.990. The van der Waals surface area contributed by atoms with Gasteiger partial charge in [0.15, 0.2) is 0 Å². The number of carboxylic acids is 1. The van der Waals surface area contributed by atoms with Gasteiger partial charge in [-0.2, -0.15) is 0 Å². The Bertz CT molecular complexity index is 304. The molecule has 0 saturated carbocycles. The van der Waals surface area contributed by atoms with Crippen LogP contribution in [0.3, 0.4) is 0 Å². The molecule has 18 heavy (non-hydrogen) atoms. The highest BCUT2D eigenvalue weighted by molar-refractivity contribution is 7.99. The molecule has 0 radical (unpaired) electrons. The van der Waals surface area contributed by atoms with Gasteiger partial charge in [-0.25, -0.2) is 4.79 Å². The molecule has 7 heteroatoms. The molecule has 0 bridgehead atoms. The molecule has 1 fully saturated rings. The second kappa shape index (κ2) is 6.96. The van der Waals surface area contributed by atoms with Gasteiger partial charge in [-0.1, -0.05) is 0 Å². The molecule has 1 saturated heterocycles. The van der Waals surface area contributed by atoms with Crippen molar-refractivity contribution < 1.29 is 24.2 Å². The van der Waals surface area contributed by atoms with Crippen molar-refractivity contribution in [1.29, 1.82) is 0 Å². The van der Waals surface area contributed by atoms with Crippen LogP contribution < -0.4 is 0 Å². The number of rotatable bonds is 8. The summed E-state index contributed by atoms with van der Waals surface area (Å²) in [5, 5.41) is 8.52. The monoisotopic (exact) mass is 277 g/mol. The summed E-state index contributed by atoms with van der Waals surface area (Å²) < 4.78 is 10.1. The topological polar surface area (TPSA) is 76.1 Å². The third kappa shape index (κ3) is 4.83. The molecule has 1 amide bonds. The third-order valence-corrected chi connectivity index (χ3v) is 3.51. The first-order valence-electron chi connectivity index (χ1n) is 5.67. The molecule has 0 atom stereocenters. The molecule has 1 heterocycles. The van der Waals surface area contributed by atoms with Gasteiger partial charge in [0.2, 0.25) is 5.91 Å². The van der Waals surface area contributed by atoms with Crippen LogP contribution in [0.1, 0.15) is 6.92 Å². The van der Waals surface area contributed by atoms with Crippen molar-refractivity contribution in [1.82, 2.24) is 4.90 Å². The fourth-order valence-corrected chi connectivity index (χ4v) is 2.44. The number of hydrogen-bond donors (Lipinski definition) is 1. The van der Waals surface area contributed by atoms with Gasteiger partial charge in [0, 0.05) is 12.9 Å². The zero-order chi connectivity index (χ0) is 13.6. The molecule has 1 aliphatic heterocycles. The Hall–Kier alpha value is -0.790. The lowest BCUT2D eigenvalue weighted by atomic mass is 9.96. The predicted molar refractivity (Wildman–Crippen MR) is 67.8 cm³/mol. The van der Waals surface area contributed by atoms with Crippen LogP contribution in [0.15, 0.2) is 0 Å². The molecule has 6 nitrogen and oxygen atoms in total. The van der Waals surface area contributed by atoms with E-state index in [1.807, 2.05) is 6.92 Å². The average molecular weight is 277 g/mol. The molecule has 1 aliphatic rings. The van der Waals surface area contributed by atoms with Crippen LogP contribution >= 0.6 is 11.8 Å². The van der Waals surface area contributed by atoms with Crippen molar-refractivity contribution in [2.45, 2.75) is 12.5 Å². The number of ether oxygens (including phenoxy) is 2. The van der Waals surface area contributed by atoms with Crippen LogP contribution in [0.5, 0.6) is 0 Å². The molecule has 0 aliphatic carbocycles. The summed E-state index contributed by atoms with van der Waals surface area (Å²) in [5.74, 6) is 0.296. The van der Waals surface area contributed by atoms with E-state index in [-0.39, 0.29) is 12.5 Å². The molecule has 104 valence electrons. The molecule has 0 aromatic carbocycles. The second-order valence-corrected chi connectivity index (χ2v) is 5.53. The fraction of sp³-hybridized carbons (Fsp3) is 0.818. The van der Waals surface area contributed by atoms with Crippen molar-refractivity contribution in [3.8, 4) is 0 Å². The zero-order valence-electron chi connectivity index (χ0n) is 10.7. The van der Waals surface area contributed by atoms with Crippen molar-refractivity contribution in [3.63, 3.8) is 0 Å². The quantitative estimate of drug-likeness (QED) is 0.633. The smallest absolute Gasteiger partial charge is 0.329 e. The highest BCUT2D eigenvalue weighted by Crippen LogP contribution is 2.25. The van der Waals surface area contributed by atoms with E-state index in [1.165, 1.54) is 11.8 Å². The maximum atomic E-state index is 11.7. The number of hydrogen-bond acceptors (Lipinski definition) is 5. The minimum absolute atomic E-state index is 0.0625. The van der Waals surface area contributed by atoms with E-state index in [1.54, 1.807) is 12.0 Å². The Balaban J connectivity index is 2.16. The molecular formula is C11H19NO5S. The number of amides is 1. The Morgan fingerprint density at radius 3 is 2.67 bits per heavy atom. The van der Waals surface area contributed by atoms with Crippen LogP contribution in [-0.4, -0.2) is 72.4 Å². The van der Waals surface area contributed by atoms with Crippen molar-refractivity contribution in [2.75, 3.05) is 44.9 Å². The lowest BCUT2D eigenvalue weighted by Gasteiger charge is -2.47. The largest absolute Gasteiger partial charge is 0.480 e. The number of likely N-dealkylation sites (tertiary alicyclic amines) is 1. The summed E-state index contributed by atoms with van der Waals surface area (Å²) in [6.45, 7) is 3.06. The van der Waals surface area contributed by atoms with Crippen LogP contribution in [-0.2, 0) is 19.1 Å². The first-order chi connectivity index (χ1) is 8.47. The van der Waals surface area contributed by atoms with E-state index in [4.69, 9.17) is 14.6 Å². The average Bonchev–Trinajstić information content (AvgIpc) is 2.28. The van der Waals surface area contributed by atoms with E-state index in [2.05, 4.69) is 0 Å². The number of carbonyl (C=O) groups is 2. The van der Waals surface area contributed by atoms with Crippen molar-refractivity contribution in [2.24, 2.45) is 0 Å². The maximum absolute atomic E-state index is 11.7. The van der Waals surface area contributed by atoms with Gasteiger partial charge in [0.25, 0.3) is 0 Å². The lowest BCUT2D eigenvalue weighted by molar-refractivity contribution is -0.171. The minimum Gasteiger partial charge on any atom is -0.480 e. The first-order valence-corrected chi connectivity index (χ1v) is 6.82. The second-order valence-electron chi connectivity index (χ2n) is 4.43. The first kappa shape index (κ1) is 15.3. The molecule has 0 spiro atoms. The molecule has 1 N–H and O–H groups in total. The lowest BCUT2D eigenvalue weighted by Crippen LogP contribution is -2.63. The molecule has 0 unspecified atom stereocenters. The number of aliphatic carboxylic acids is 1. The Kier molecular flexibility index (Phi) is 5.90. The summed E-state index contributed by atoms with van der Waals surface area (Å²) in [4.78, 5) is 23.8. The van der Waals surface area contributed by atoms with Gasteiger partial charge < -0.3 is 19.5 Å².